The first kappa shape index (κ1) is 13.2. The summed E-state index contributed by atoms with van der Waals surface area (Å²) in [6.45, 7) is 10.6. The summed E-state index contributed by atoms with van der Waals surface area (Å²) >= 11 is 0. The summed E-state index contributed by atoms with van der Waals surface area (Å²) in [7, 11) is 0. The van der Waals surface area contributed by atoms with E-state index in [1.165, 1.54) is 5.56 Å². The van der Waals surface area contributed by atoms with Gasteiger partial charge in [-0.15, -0.1) is 0 Å². The lowest BCUT2D eigenvalue weighted by Gasteiger charge is -2.30. The molecule has 0 saturated carbocycles. The van der Waals surface area contributed by atoms with Crippen molar-refractivity contribution in [1.82, 2.24) is 0 Å². The zero-order valence-corrected chi connectivity index (χ0v) is 11.1. The molecule has 0 bridgehead atoms. The highest BCUT2D eigenvalue weighted by Gasteiger charge is 2.38. The topological polar surface area (TPSA) is 0 Å². The fourth-order valence-corrected chi connectivity index (χ4v) is 2.51. The number of benzene rings is 1. The summed E-state index contributed by atoms with van der Waals surface area (Å²) in [5.41, 5.74) is 2.22. The lowest BCUT2D eigenvalue weighted by Crippen LogP contribution is -2.26. The van der Waals surface area contributed by atoms with Crippen LogP contribution in [0.25, 0.3) is 0 Å². The van der Waals surface area contributed by atoms with E-state index in [-0.39, 0.29) is 11.2 Å². The minimum absolute atomic E-state index is 0.0174. The van der Waals surface area contributed by atoms with Crippen LogP contribution in [-0.4, -0.2) is 0 Å². The monoisotopic (exact) mass is 222 g/mol. The average molecular weight is 222 g/mol. The molecule has 0 N–H and O–H groups in total. The van der Waals surface area contributed by atoms with Gasteiger partial charge in [-0.2, -0.15) is 0 Å². The number of aryl methyl sites for hydroxylation is 1. The molecule has 0 heterocycles. The molecule has 0 fully saturated rings. The molecule has 1 aromatic carbocycles. The highest BCUT2D eigenvalue weighted by molar-refractivity contribution is 5.40. The largest absolute Gasteiger partial charge is 0.207 e. The van der Waals surface area contributed by atoms with Crippen LogP contribution in [0.1, 0.15) is 52.2 Å². The molecule has 0 spiro atoms. The maximum absolute atomic E-state index is 13.7. The van der Waals surface area contributed by atoms with Crippen molar-refractivity contribution < 1.29 is 4.39 Å². The van der Waals surface area contributed by atoms with Crippen molar-refractivity contribution in [1.29, 1.82) is 0 Å². The van der Waals surface area contributed by atoms with Crippen LogP contribution in [0.3, 0.4) is 0 Å². The lowest BCUT2D eigenvalue weighted by atomic mass is 9.74. The molecule has 0 amide bonds. The van der Waals surface area contributed by atoms with E-state index in [9.17, 15) is 4.39 Å². The van der Waals surface area contributed by atoms with Gasteiger partial charge in [0, 0.05) is 0 Å². The van der Waals surface area contributed by atoms with Gasteiger partial charge in [-0.25, -0.2) is 4.39 Å². The Balaban J connectivity index is 0.000000606. The standard InChI is InChI=1S/C13H17F.C2H6/c1-9(2)13(3)8-7-10-5-4-6-11(14)12(10)13;1-2/h4-6,9H,7-8H2,1-3H3;1-2H3. The molecule has 1 heteroatoms. The second kappa shape index (κ2) is 4.99. The third kappa shape index (κ3) is 2.00. The summed E-state index contributed by atoms with van der Waals surface area (Å²) in [5, 5.41) is 0. The first-order valence-corrected chi connectivity index (χ1v) is 6.33. The van der Waals surface area contributed by atoms with Crippen LogP contribution in [0.15, 0.2) is 18.2 Å². The molecule has 0 aromatic heterocycles. The lowest BCUT2D eigenvalue weighted by molar-refractivity contribution is 0.326. The summed E-state index contributed by atoms with van der Waals surface area (Å²) < 4.78 is 13.7. The van der Waals surface area contributed by atoms with E-state index in [2.05, 4.69) is 26.8 Å². The Hall–Kier alpha value is -0.850. The van der Waals surface area contributed by atoms with Crippen LogP contribution in [-0.2, 0) is 11.8 Å². The van der Waals surface area contributed by atoms with Gasteiger partial charge in [-0.3, -0.25) is 0 Å². The van der Waals surface area contributed by atoms with E-state index in [1.54, 1.807) is 6.07 Å². The van der Waals surface area contributed by atoms with Crippen LogP contribution >= 0.6 is 0 Å². The van der Waals surface area contributed by atoms with Gasteiger partial charge < -0.3 is 0 Å². The van der Waals surface area contributed by atoms with Crippen molar-refractivity contribution in [3.05, 3.63) is 35.1 Å². The van der Waals surface area contributed by atoms with Gasteiger partial charge in [0.2, 0.25) is 0 Å². The Morgan fingerprint density at radius 1 is 1.25 bits per heavy atom. The molecular weight excluding hydrogens is 199 g/mol. The number of rotatable bonds is 1. The van der Waals surface area contributed by atoms with Crippen LogP contribution in [0.2, 0.25) is 0 Å². The zero-order valence-electron chi connectivity index (χ0n) is 11.1. The van der Waals surface area contributed by atoms with E-state index >= 15 is 0 Å². The molecule has 1 atom stereocenters. The number of hydrogen-bond donors (Lipinski definition) is 0. The molecule has 0 radical (unpaired) electrons. The van der Waals surface area contributed by atoms with Gasteiger partial charge in [0.25, 0.3) is 0 Å². The number of halogens is 1. The zero-order chi connectivity index (χ0) is 12.3. The Morgan fingerprint density at radius 3 is 2.44 bits per heavy atom. The molecule has 1 aliphatic carbocycles. The van der Waals surface area contributed by atoms with E-state index in [1.807, 2.05) is 19.9 Å². The first-order valence-electron chi connectivity index (χ1n) is 6.33. The summed E-state index contributed by atoms with van der Waals surface area (Å²) in [6, 6.07) is 5.47. The molecule has 90 valence electrons. The van der Waals surface area contributed by atoms with E-state index in [0.717, 1.165) is 18.4 Å². The molecule has 2 rings (SSSR count). The smallest absolute Gasteiger partial charge is 0.127 e. The van der Waals surface area contributed by atoms with Gasteiger partial charge in [-0.05, 0) is 41.4 Å². The Morgan fingerprint density at radius 2 is 1.88 bits per heavy atom. The highest BCUT2D eigenvalue weighted by Crippen LogP contribution is 2.44. The average Bonchev–Trinajstić information content (AvgIpc) is 2.62. The number of hydrogen-bond acceptors (Lipinski definition) is 0. The van der Waals surface area contributed by atoms with Crippen LogP contribution in [0, 0.1) is 11.7 Å². The number of fused-ring (bicyclic) bond motifs is 1. The fourth-order valence-electron chi connectivity index (χ4n) is 2.51. The van der Waals surface area contributed by atoms with Crippen LogP contribution < -0.4 is 0 Å². The third-order valence-corrected chi connectivity index (χ3v) is 3.86. The second-order valence-corrected chi connectivity index (χ2v) is 4.85. The maximum atomic E-state index is 13.7. The van der Waals surface area contributed by atoms with Crippen molar-refractivity contribution in [3.63, 3.8) is 0 Å². The van der Waals surface area contributed by atoms with Gasteiger partial charge in [-0.1, -0.05) is 46.8 Å². The minimum atomic E-state index is -0.0174. The summed E-state index contributed by atoms with van der Waals surface area (Å²) in [5.74, 6) is 0.483. The van der Waals surface area contributed by atoms with Gasteiger partial charge in [0.05, 0.1) is 0 Å². The predicted octanol–water partition coefficient (Wildman–Crippen LogP) is 4.71. The van der Waals surface area contributed by atoms with E-state index in [4.69, 9.17) is 0 Å². The Labute approximate surface area is 98.9 Å². The van der Waals surface area contributed by atoms with Crippen molar-refractivity contribution in [2.24, 2.45) is 5.92 Å². The van der Waals surface area contributed by atoms with Gasteiger partial charge in [0.1, 0.15) is 5.82 Å². The molecule has 1 aliphatic rings. The van der Waals surface area contributed by atoms with Crippen molar-refractivity contribution in [3.8, 4) is 0 Å². The van der Waals surface area contributed by atoms with Crippen molar-refractivity contribution >= 4 is 0 Å². The Kier molecular flexibility index (Phi) is 4.12. The highest BCUT2D eigenvalue weighted by atomic mass is 19.1. The van der Waals surface area contributed by atoms with E-state index < -0.39 is 0 Å². The van der Waals surface area contributed by atoms with Crippen molar-refractivity contribution in [2.45, 2.75) is 52.9 Å². The van der Waals surface area contributed by atoms with Crippen LogP contribution in [0.4, 0.5) is 4.39 Å². The molecule has 1 aromatic rings. The summed E-state index contributed by atoms with van der Waals surface area (Å²) in [4.78, 5) is 0. The second-order valence-electron chi connectivity index (χ2n) is 4.85. The molecular formula is C15H23F. The third-order valence-electron chi connectivity index (χ3n) is 3.86. The van der Waals surface area contributed by atoms with Crippen molar-refractivity contribution in [2.75, 3.05) is 0 Å². The van der Waals surface area contributed by atoms with E-state index in [0.29, 0.717) is 5.92 Å². The Bertz CT molecular complexity index is 354. The SMILES string of the molecule is CC.CC(C)C1(C)CCc2cccc(F)c21. The normalized spacial score (nSPS) is 22.7. The van der Waals surface area contributed by atoms with Gasteiger partial charge in [0.15, 0.2) is 0 Å². The molecule has 0 saturated heterocycles. The molecule has 1 unspecified atom stereocenters. The summed E-state index contributed by atoms with van der Waals surface area (Å²) in [6.07, 6.45) is 2.11. The first-order chi connectivity index (χ1) is 7.55. The quantitative estimate of drug-likeness (QED) is 0.645. The van der Waals surface area contributed by atoms with Crippen LogP contribution in [0.5, 0.6) is 0 Å². The minimum Gasteiger partial charge on any atom is -0.207 e. The fraction of sp³-hybridized carbons (Fsp3) is 0.600. The predicted molar refractivity (Wildman–Crippen MR) is 68.3 cm³/mol. The maximum Gasteiger partial charge on any atom is 0.127 e. The molecule has 0 aliphatic heterocycles. The molecule has 0 nitrogen and oxygen atoms in total. The molecule has 16 heavy (non-hydrogen) atoms. The van der Waals surface area contributed by atoms with Gasteiger partial charge >= 0.3 is 0 Å².